The lowest BCUT2D eigenvalue weighted by atomic mass is 10.1. The van der Waals surface area contributed by atoms with E-state index in [1.54, 1.807) is 0 Å². The number of phenols is 1. The normalized spacial score (nSPS) is 13.3. The molecule has 0 atom stereocenters. The molecule has 0 fully saturated rings. The lowest BCUT2D eigenvalue weighted by molar-refractivity contribution is 0.472. The smallest absolute Gasteiger partial charge is 0.296 e. The number of aromatic hydroxyl groups is 1. The fraction of sp³-hybridized carbons (Fsp3) is 0. The summed E-state index contributed by atoms with van der Waals surface area (Å²) in [6, 6.07) is 10.9. The van der Waals surface area contributed by atoms with Gasteiger partial charge in [-0.1, -0.05) is 12.1 Å². The first-order valence-corrected chi connectivity index (χ1v) is 16.8. The highest BCUT2D eigenvalue weighted by molar-refractivity contribution is 7.87. The SMILES string of the molecule is O=S(=O)(O)c1ccc(/N=N/c2ccc(/N=N/c3cc(S(=O)(=O)O)c4cccc(S(=O)(=O)O)c4c3O)c(S(=O)(=O)O)c2)cc1. The van der Waals surface area contributed by atoms with Crippen molar-refractivity contribution in [3.8, 4) is 5.75 Å². The number of benzene rings is 4. The lowest BCUT2D eigenvalue weighted by Gasteiger charge is -2.11. The van der Waals surface area contributed by atoms with Gasteiger partial charge in [-0.25, -0.2) is 0 Å². The maximum absolute atomic E-state index is 12.1. The number of fused-ring (bicyclic) bond motifs is 1. The fourth-order valence-electron chi connectivity index (χ4n) is 3.65. The van der Waals surface area contributed by atoms with Crippen LogP contribution in [0.2, 0.25) is 0 Å². The van der Waals surface area contributed by atoms with Crippen LogP contribution >= 0.6 is 0 Å². The van der Waals surface area contributed by atoms with Crippen molar-refractivity contribution in [3.63, 3.8) is 0 Å². The van der Waals surface area contributed by atoms with E-state index < -0.39 is 88.0 Å². The Bertz CT molecular complexity index is 2290. The zero-order valence-corrected chi connectivity index (χ0v) is 24.0. The number of phenolic OH excluding ortho intramolecular Hbond substituents is 1. The molecule has 226 valence electrons. The van der Waals surface area contributed by atoms with Crippen LogP contribution in [0.5, 0.6) is 5.75 Å². The highest BCUT2D eigenvalue weighted by atomic mass is 32.2. The van der Waals surface area contributed by atoms with Crippen LogP contribution in [0.15, 0.2) is 107 Å². The molecule has 4 rings (SSSR count). The molecule has 0 aromatic heterocycles. The minimum Gasteiger partial charge on any atom is -0.505 e. The first-order chi connectivity index (χ1) is 19.8. The van der Waals surface area contributed by atoms with Crippen LogP contribution in [0, 0.1) is 0 Å². The molecule has 0 aliphatic carbocycles. The van der Waals surface area contributed by atoms with Crippen molar-refractivity contribution in [2.75, 3.05) is 0 Å². The second-order valence-corrected chi connectivity index (χ2v) is 14.0. The second kappa shape index (κ2) is 11.1. The first-order valence-electron chi connectivity index (χ1n) is 11.0. The molecule has 0 unspecified atom stereocenters. The molecule has 0 saturated carbocycles. The minimum atomic E-state index is -5.08. The van der Waals surface area contributed by atoms with Crippen LogP contribution in [0.25, 0.3) is 10.8 Å². The van der Waals surface area contributed by atoms with E-state index in [4.69, 9.17) is 4.55 Å². The van der Waals surface area contributed by atoms with Gasteiger partial charge in [-0.3, -0.25) is 18.2 Å². The van der Waals surface area contributed by atoms with Gasteiger partial charge in [0, 0.05) is 10.8 Å². The maximum Gasteiger partial charge on any atom is 0.296 e. The Labute approximate surface area is 242 Å². The van der Waals surface area contributed by atoms with Gasteiger partial charge in [-0.05, 0) is 54.6 Å². The number of hydrogen-bond acceptors (Lipinski definition) is 13. The summed E-state index contributed by atoms with van der Waals surface area (Å²) < 4.78 is 132. The van der Waals surface area contributed by atoms with Crippen molar-refractivity contribution < 1.29 is 57.0 Å². The highest BCUT2D eigenvalue weighted by Crippen LogP contribution is 2.43. The summed E-state index contributed by atoms with van der Waals surface area (Å²) in [5.74, 6) is -1.02. The quantitative estimate of drug-likeness (QED) is 0.129. The van der Waals surface area contributed by atoms with Crippen molar-refractivity contribution in [3.05, 3.63) is 66.7 Å². The summed E-state index contributed by atoms with van der Waals surface area (Å²) >= 11 is 0. The van der Waals surface area contributed by atoms with Gasteiger partial charge in [0.05, 0.1) is 16.3 Å². The van der Waals surface area contributed by atoms with Crippen LogP contribution in [0.1, 0.15) is 0 Å². The van der Waals surface area contributed by atoms with Gasteiger partial charge in [0.1, 0.15) is 26.1 Å². The van der Waals surface area contributed by atoms with Crippen molar-refractivity contribution in [2.45, 2.75) is 19.6 Å². The van der Waals surface area contributed by atoms with E-state index in [1.165, 1.54) is 12.1 Å². The molecule has 5 N–H and O–H groups in total. The van der Waals surface area contributed by atoms with E-state index in [-0.39, 0.29) is 11.4 Å². The zero-order chi connectivity index (χ0) is 32.0. The topological polar surface area (TPSA) is 287 Å². The molecule has 43 heavy (non-hydrogen) atoms. The maximum atomic E-state index is 12.1. The summed E-state index contributed by atoms with van der Waals surface area (Å²) in [6.07, 6.45) is 0. The van der Waals surface area contributed by atoms with Gasteiger partial charge >= 0.3 is 0 Å². The van der Waals surface area contributed by atoms with Gasteiger partial charge in [0.2, 0.25) is 0 Å². The molecule has 4 aromatic rings. The van der Waals surface area contributed by atoms with E-state index in [2.05, 4.69) is 20.5 Å². The third kappa shape index (κ3) is 7.06. The standard InChI is InChI=1S/C22H16N4O13S4/c27-22-17(11-19(42(34,35)36)15-2-1-3-18(21(15)22)41(31,32)33)26-25-16-9-6-13(10-20(16)43(37,38)39)24-23-12-4-7-14(8-5-12)40(28,29)30/h1-11,27H,(H,28,29,30)(H,31,32,33)(H,34,35,36)(H,37,38,39)/b24-23+,26-25+. The Morgan fingerprint density at radius 2 is 1.02 bits per heavy atom. The Morgan fingerprint density at radius 1 is 0.488 bits per heavy atom. The molecule has 0 bridgehead atoms. The third-order valence-corrected chi connectivity index (χ3v) is 9.04. The van der Waals surface area contributed by atoms with Crippen LogP contribution in [0.4, 0.5) is 22.7 Å². The van der Waals surface area contributed by atoms with Gasteiger partial charge in [-0.2, -0.15) is 43.9 Å². The Hall–Kier alpha value is -4.22. The summed E-state index contributed by atoms with van der Waals surface area (Å²) in [7, 11) is -19.6. The Balaban J connectivity index is 1.82. The van der Waals surface area contributed by atoms with E-state index in [1.807, 2.05) is 0 Å². The zero-order valence-electron chi connectivity index (χ0n) is 20.8. The number of nitrogens with zero attached hydrogens (tertiary/aromatic N) is 4. The average molecular weight is 673 g/mol. The van der Waals surface area contributed by atoms with Gasteiger partial charge in [0.25, 0.3) is 40.5 Å². The van der Waals surface area contributed by atoms with E-state index >= 15 is 0 Å². The number of hydrogen-bond donors (Lipinski definition) is 5. The van der Waals surface area contributed by atoms with Gasteiger partial charge < -0.3 is 5.11 Å². The number of rotatable bonds is 8. The van der Waals surface area contributed by atoms with E-state index in [0.717, 1.165) is 48.5 Å². The van der Waals surface area contributed by atoms with E-state index in [0.29, 0.717) is 6.07 Å². The highest BCUT2D eigenvalue weighted by Gasteiger charge is 2.25. The summed E-state index contributed by atoms with van der Waals surface area (Å²) in [5.41, 5.74) is -1.43. The summed E-state index contributed by atoms with van der Waals surface area (Å²) in [4.78, 5) is -3.17. The number of azo groups is 2. The van der Waals surface area contributed by atoms with Gasteiger partial charge in [-0.15, -0.1) is 10.2 Å². The molecule has 0 aliphatic rings. The van der Waals surface area contributed by atoms with Crippen LogP contribution in [-0.2, 0) is 40.5 Å². The lowest BCUT2D eigenvalue weighted by Crippen LogP contribution is -2.03. The van der Waals surface area contributed by atoms with Crippen molar-refractivity contribution in [2.24, 2.45) is 20.5 Å². The average Bonchev–Trinajstić information content (AvgIpc) is 2.89. The Kier molecular flexibility index (Phi) is 8.20. The van der Waals surface area contributed by atoms with Crippen molar-refractivity contribution in [1.29, 1.82) is 0 Å². The molecule has 0 radical (unpaired) electrons. The summed E-state index contributed by atoms with van der Waals surface area (Å²) in [5, 5.41) is 24.2. The second-order valence-electron chi connectivity index (χ2n) is 8.37. The first kappa shape index (κ1) is 31.7. The molecule has 4 aromatic carbocycles. The molecular formula is C22H16N4O13S4. The molecule has 0 saturated heterocycles. The third-order valence-electron chi connectivity index (χ3n) is 5.50. The molecular weight excluding hydrogens is 657 g/mol. The van der Waals surface area contributed by atoms with Crippen molar-refractivity contribution >= 4 is 74.0 Å². The fourth-order valence-corrected chi connectivity index (χ4v) is 6.19. The Morgan fingerprint density at radius 3 is 1.58 bits per heavy atom. The van der Waals surface area contributed by atoms with Crippen LogP contribution in [-0.4, -0.2) is 57.0 Å². The molecule has 0 spiro atoms. The van der Waals surface area contributed by atoms with Crippen LogP contribution < -0.4 is 0 Å². The summed E-state index contributed by atoms with van der Waals surface area (Å²) in [6.45, 7) is 0. The predicted molar refractivity (Wildman–Crippen MR) is 146 cm³/mol. The van der Waals surface area contributed by atoms with E-state index in [9.17, 15) is 52.4 Å². The van der Waals surface area contributed by atoms with Gasteiger partial charge in [0.15, 0.2) is 5.75 Å². The molecule has 21 heteroatoms. The molecule has 0 heterocycles. The minimum absolute atomic E-state index is 0.0928. The molecule has 0 aliphatic heterocycles. The van der Waals surface area contributed by atoms with Crippen molar-refractivity contribution in [1.82, 2.24) is 0 Å². The monoisotopic (exact) mass is 672 g/mol. The molecule has 0 amide bonds. The molecule has 17 nitrogen and oxygen atoms in total. The van der Waals surface area contributed by atoms with Crippen LogP contribution in [0.3, 0.4) is 0 Å². The largest absolute Gasteiger partial charge is 0.505 e. The predicted octanol–water partition coefficient (Wildman–Crippen LogP) is 4.36.